The zero-order valence-electron chi connectivity index (χ0n) is 17.9. The van der Waals surface area contributed by atoms with Crippen LogP contribution >= 0.6 is 0 Å². The molecule has 4 aromatic rings. The fourth-order valence-electron chi connectivity index (χ4n) is 3.43. The second-order valence-electron chi connectivity index (χ2n) is 7.53. The third kappa shape index (κ3) is 5.73. The highest BCUT2D eigenvalue weighted by atomic mass is 16.5. The van der Waals surface area contributed by atoms with Crippen molar-refractivity contribution in [2.75, 3.05) is 5.32 Å². The van der Waals surface area contributed by atoms with Gasteiger partial charge in [-0.3, -0.25) is 4.79 Å². The second-order valence-corrected chi connectivity index (χ2v) is 7.53. The van der Waals surface area contributed by atoms with Crippen LogP contribution in [0.25, 0.3) is 16.8 Å². The van der Waals surface area contributed by atoms with Crippen molar-refractivity contribution >= 4 is 34.4 Å². The minimum Gasteiger partial charge on any atom is -0.457 e. The van der Waals surface area contributed by atoms with Gasteiger partial charge < -0.3 is 15.2 Å². The van der Waals surface area contributed by atoms with E-state index in [1.165, 1.54) is 6.08 Å². The van der Waals surface area contributed by atoms with Gasteiger partial charge in [0.1, 0.15) is 6.61 Å². The highest BCUT2D eigenvalue weighted by Crippen LogP contribution is 2.20. The molecule has 4 aromatic carbocycles. The second kappa shape index (κ2) is 10.4. The van der Waals surface area contributed by atoms with Crippen molar-refractivity contribution in [2.24, 2.45) is 0 Å². The van der Waals surface area contributed by atoms with E-state index in [1.54, 1.807) is 30.3 Å². The molecule has 0 radical (unpaired) electrons. The number of carbonyl (C=O) groups is 2. The van der Waals surface area contributed by atoms with Gasteiger partial charge in [0.2, 0.25) is 5.91 Å². The monoisotopic (exact) mass is 437 g/mol. The molecular weight excluding hydrogens is 414 g/mol. The highest BCUT2D eigenvalue weighted by molar-refractivity contribution is 6.06. The average molecular weight is 437 g/mol. The third-order valence-corrected chi connectivity index (χ3v) is 5.16. The molecule has 0 unspecified atom stereocenters. The number of amides is 1. The maximum absolute atomic E-state index is 12.6. The summed E-state index contributed by atoms with van der Waals surface area (Å²) in [5.41, 5.74) is 3.29. The van der Waals surface area contributed by atoms with Crippen molar-refractivity contribution in [3.05, 3.63) is 119 Å². The van der Waals surface area contributed by atoms with Gasteiger partial charge >= 0.3 is 5.97 Å². The minimum atomic E-state index is -0.504. The van der Waals surface area contributed by atoms with Gasteiger partial charge in [0.15, 0.2) is 0 Å². The van der Waals surface area contributed by atoms with E-state index in [4.69, 9.17) is 4.74 Å². The van der Waals surface area contributed by atoms with Gasteiger partial charge in [-0.25, -0.2) is 4.79 Å². The van der Waals surface area contributed by atoms with Crippen molar-refractivity contribution in [2.45, 2.75) is 13.2 Å². The van der Waals surface area contributed by atoms with E-state index in [1.807, 2.05) is 66.7 Å². The first-order chi connectivity index (χ1) is 16.1. The van der Waals surface area contributed by atoms with Crippen LogP contribution in [-0.4, -0.2) is 17.0 Å². The van der Waals surface area contributed by atoms with Crippen molar-refractivity contribution in [1.82, 2.24) is 0 Å². The number of carbonyl (C=O) groups excluding carboxylic acids is 2. The molecule has 0 aliphatic heterocycles. The minimum absolute atomic E-state index is 0.000955. The van der Waals surface area contributed by atoms with Crippen LogP contribution in [0.15, 0.2) is 97.1 Å². The van der Waals surface area contributed by atoms with Crippen LogP contribution in [-0.2, 0) is 22.7 Å². The predicted molar refractivity (Wildman–Crippen MR) is 130 cm³/mol. The molecular formula is C28H23NO4. The largest absolute Gasteiger partial charge is 0.457 e. The number of aliphatic hydroxyl groups is 1. The fraction of sp³-hybridized carbons (Fsp3) is 0.0714. The van der Waals surface area contributed by atoms with E-state index in [0.717, 1.165) is 27.5 Å². The van der Waals surface area contributed by atoms with E-state index < -0.39 is 5.97 Å². The van der Waals surface area contributed by atoms with Crippen LogP contribution < -0.4 is 5.32 Å². The van der Waals surface area contributed by atoms with Gasteiger partial charge in [0.25, 0.3) is 0 Å². The molecule has 1 amide bonds. The molecule has 0 aromatic heterocycles. The fourth-order valence-corrected chi connectivity index (χ4v) is 3.43. The normalized spacial score (nSPS) is 10.9. The standard InChI is InChI=1S/C28H23NO4/c30-18-22-11-14-23-16-20(10-13-24(23)17-22)12-15-27(31)29-26-9-5-4-8-25(26)28(32)33-19-21-6-2-1-3-7-21/h1-17,30H,18-19H2,(H,29,31)/b15-12+. The maximum Gasteiger partial charge on any atom is 0.340 e. The predicted octanol–water partition coefficient (Wildman–Crippen LogP) is 5.34. The number of aliphatic hydroxyl groups excluding tert-OH is 1. The molecule has 0 saturated heterocycles. The smallest absolute Gasteiger partial charge is 0.340 e. The van der Waals surface area contributed by atoms with Gasteiger partial charge in [-0.05, 0) is 57.8 Å². The Morgan fingerprint density at radius 3 is 2.36 bits per heavy atom. The molecule has 0 atom stereocenters. The summed E-state index contributed by atoms with van der Waals surface area (Å²) in [6.07, 6.45) is 3.14. The van der Waals surface area contributed by atoms with Crippen LogP contribution in [0.5, 0.6) is 0 Å². The number of nitrogens with one attached hydrogen (secondary N) is 1. The van der Waals surface area contributed by atoms with E-state index in [-0.39, 0.29) is 19.1 Å². The summed E-state index contributed by atoms with van der Waals surface area (Å²) in [7, 11) is 0. The van der Waals surface area contributed by atoms with Crippen LogP contribution in [0.2, 0.25) is 0 Å². The molecule has 164 valence electrons. The zero-order chi connectivity index (χ0) is 23.0. The highest BCUT2D eigenvalue weighted by Gasteiger charge is 2.13. The summed E-state index contributed by atoms with van der Waals surface area (Å²) >= 11 is 0. The topological polar surface area (TPSA) is 75.6 Å². The van der Waals surface area contributed by atoms with E-state index in [0.29, 0.717) is 11.3 Å². The quantitative estimate of drug-likeness (QED) is 0.302. The molecule has 0 fully saturated rings. The summed E-state index contributed by atoms with van der Waals surface area (Å²) in [4.78, 5) is 25.1. The Morgan fingerprint density at radius 2 is 1.55 bits per heavy atom. The van der Waals surface area contributed by atoms with E-state index in [2.05, 4.69) is 5.32 Å². The summed E-state index contributed by atoms with van der Waals surface area (Å²) in [5.74, 6) is -0.857. The summed E-state index contributed by atoms with van der Waals surface area (Å²) in [6.45, 7) is 0.155. The summed E-state index contributed by atoms with van der Waals surface area (Å²) in [6, 6.07) is 27.7. The Balaban J connectivity index is 1.42. The Kier molecular flexibility index (Phi) is 6.93. The maximum atomic E-state index is 12.6. The number of benzene rings is 4. The molecule has 0 bridgehead atoms. The number of rotatable bonds is 7. The van der Waals surface area contributed by atoms with E-state index in [9.17, 15) is 14.7 Å². The lowest BCUT2D eigenvalue weighted by Gasteiger charge is -2.10. The molecule has 5 nitrogen and oxygen atoms in total. The van der Waals surface area contributed by atoms with Crippen LogP contribution in [0.1, 0.15) is 27.0 Å². The lowest BCUT2D eigenvalue weighted by molar-refractivity contribution is -0.111. The van der Waals surface area contributed by atoms with Crippen molar-refractivity contribution in [1.29, 1.82) is 0 Å². The number of para-hydroxylation sites is 1. The van der Waals surface area contributed by atoms with Crippen LogP contribution in [0.4, 0.5) is 5.69 Å². The van der Waals surface area contributed by atoms with Gasteiger partial charge in [0.05, 0.1) is 17.9 Å². The summed E-state index contributed by atoms with van der Waals surface area (Å²) in [5, 5.41) is 14.1. The number of hydrogen-bond acceptors (Lipinski definition) is 4. The lowest BCUT2D eigenvalue weighted by Crippen LogP contribution is -2.13. The van der Waals surface area contributed by atoms with Gasteiger partial charge in [-0.2, -0.15) is 0 Å². The summed E-state index contributed by atoms with van der Waals surface area (Å²) < 4.78 is 5.40. The van der Waals surface area contributed by atoms with Gasteiger partial charge in [-0.1, -0.05) is 66.7 Å². The first-order valence-corrected chi connectivity index (χ1v) is 10.5. The molecule has 4 rings (SSSR count). The Morgan fingerprint density at radius 1 is 0.818 bits per heavy atom. The molecule has 5 heteroatoms. The van der Waals surface area contributed by atoms with E-state index >= 15 is 0 Å². The van der Waals surface area contributed by atoms with Crippen molar-refractivity contribution in [3.63, 3.8) is 0 Å². The average Bonchev–Trinajstić information content (AvgIpc) is 2.86. The van der Waals surface area contributed by atoms with Crippen LogP contribution in [0.3, 0.4) is 0 Å². The first kappa shape index (κ1) is 22.0. The number of hydrogen-bond donors (Lipinski definition) is 2. The van der Waals surface area contributed by atoms with Crippen LogP contribution in [0, 0.1) is 0 Å². The molecule has 33 heavy (non-hydrogen) atoms. The Bertz CT molecular complexity index is 1310. The lowest BCUT2D eigenvalue weighted by atomic mass is 10.0. The van der Waals surface area contributed by atoms with Crippen molar-refractivity contribution < 1.29 is 19.4 Å². The molecule has 0 spiro atoms. The third-order valence-electron chi connectivity index (χ3n) is 5.16. The number of fused-ring (bicyclic) bond motifs is 1. The molecule has 0 heterocycles. The van der Waals surface area contributed by atoms with Gasteiger partial charge in [0, 0.05) is 6.08 Å². The Hall–Kier alpha value is -4.22. The van der Waals surface area contributed by atoms with Crippen molar-refractivity contribution in [3.8, 4) is 0 Å². The number of anilines is 1. The number of esters is 1. The SMILES string of the molecule is O=C(/C=C/c1ccc2cc(CO)ccc2c1)Nc1ccccc1C(=O)OCc1ccccc1. The van der Waals surface area contributed by atoms with Gasteiger partial charge in [-0.15, -0.1) is 0 Å². The zero-order valence-corrected chi connectivity index (χ0v) is 17.9. The Labute approximate surface area is 192 Å². The molecule has 0 aliphatic carbocycles. The first-order valence-electron chi connectivity index (χ1n) is 10.5. The number of ether oxygens (including phenoxy) is 1. The molecule has 2 N–H and O–H groups in total. The molecule has 0 aliphatic rings. The molecule has 0 saturated carbocycles.